The molecule has 0 N–H and O–H groups in total. The molecule has 1 heterocycles. The molecule has 3 nitrogen and oxygen atoms in total. The number of nitrogens with zero attached hydrogens (tertiary/aromatic N) is 3. The second kappa shape index (κ2) is 5.19. The SMILES string of the molecule is CCCCn1cnnc1SCC. The molecule has 0 saturated carbocycles. The molecule has 0 atom stereocenters. The van der Waals surface area contributed by atoms with Crippen LogP contribution in [-0.2, 0) is 6.54 Å². The average molecular weight is 185 g/mol. The van der Waals surface area contributed by atoms with Crippen LogP contribution in [0.4, 0.5) is 0 Å². The van der Waals surface area contributed by atoms with Gasteiger partial charge < -0.3 is 4.57 Å². The summed E-state index contributed by atoms with van der Waals surface area (Å²) in [6.45, 7) is 5.37. The zero-order valence-electron chi connectivity index (χ0n) is 7.66. The van der Waals surface area contributed by atoms with E-state index in [1.807, 2.05) is 6.33 Å². The summed E-state index contributed by atoms with van der Waals surface area (Å²) in [5, 5.41) is 8.97. The van der Waals surface area contributed by atoms with E-state index in [2.05, 4.69) is 28.6 Å². The smallest absolute Gasteiger partial charge is 0.190 e. The molecule has 68 valence electrons. The van der Waals surface area contributed by atoms with Gasteiger partial charge in [-0.2, -0.15) is 0 Å². The standard InChI is InChI=1S/C8H15N3S/c1-3-5-6-11-7-9-10-8(11)12-4-2/h7H,3-6H2,1-2H3. The summed E-state index contributed by atoms with van der Waals surface area (Å²) in [7, 11) is 0. The van der Waals surface area contributed by atoms with Gasteiger partial charge in [0.2, 0.25) is 0 Å². The summed E-state index contributed by atoms with van der Waals surface area (Å²) < 4.78 is 2.12. The lowest BCUT2D eigenvalue weighted by Gasteiger charge is -2.02. The first-order valence-electron chi connectivity index (χ1n) is 4.39. The third-order valence-corrected chi connectivity index (χ3v) is 2.47. The maximum atomic E-state index is 4.03. The fourth-order valence-corrected chi connectivity index (χ4v) is 1.63. The first-order valence-corrected chi connectivity index (χ1v) is 5.37. The largest absolute Gasteiger partial charge is 0.309 e. The second-order valence-corrected chi connectivity index (χ2v) is 3.82. The van der Waals surface area contributed by atoms with Gasteiger partial charge in [-0.25, -0.2) is 0 Å². The summed E-state index contributed by atoms with van der Waals surface area (Å²) in [6.07, 6.45) is 4.23. The van der Waals surface area contributed by atoms with Crippen LogP contribution in [0, 0.1) is 0 Å². The molecule has 1 rings (SSSR count). The van der Waals surface area contributed by atoms with Gasteiger partial charge in [0.15, 0.2) is 5.16 Å². The van der Waals surface area contributed by atoms with E-state index in [9.17, 15) is 0 Å². The van der Waals surface area contributed by atoms with Crippen molar-refractivity contribution in [2.45, 2.75) is 38.4 Å². The van der Waals surface area contributed by atoms with Crippen LogP contribution >= 0.6 is 11.8 Å². The van der Waals surface area contributed by atoms with Crippen molar-refractivity contribution in [3.05, 3.63) is 6.33 Å². The molecular weight excluding hydrogens is 170 g/mol. The number of aryl methyl sites for hydroxylation is 1. The van der Waals surface area contributed by atoms with Crippen molar-refractivity contribution < 1.29 is 0 Å². The fraction of sp³-hybridized carbons (Fsp3) is 0.750. The maximum absolute atomic E-state index is 4.03. The molecule has 0 aliphatic heterocycles. The number of unbranched alkanes of at least 4 members (excludes halogenated alkanes) is 1. The van der Waals surface area contributed by atoms with Crippen molar-refractivity contribution in [1.29, 1.82) is 0 Å². The Balaban J connectivity index is 2.51. The van der Waals surface area contributed by atoms with Gasteiger partial charge in [0, 0.05) is 6.54 Å². The fourth-order valence-electron chi connectivity index (χ4n) is 0.967. The lowest BCUT2D eigenvalue weighted by molar-refractivity contribution is 0.587. The van der Waals surface area contributed by atoms with Crippen LogP contribution in [-0.4, -0.2) is 20.5 Å². The van der Waals surface area contributed by atoms with E-state index in [0.717, 1.165) is 17.5 Å². The predicted molar refractivity (Wildman–Crippen MR) is 51.3 cm³/mol. The zero-order chi connectivity index (χ0) is 8.81. The van der Waals surface area contributed by atoms with Gasteiger partial charge in [-0.05, 0) is 12.2 Å². The van der Waals surface area contributed by atoms with Crippen LogP contribution in [0.15, 0.2) is 11.5 Å². The number of aromatic nitrogens is 3. The Kier molecular flexibility index (Phi) is 4.14. The molecule has 0 unspecified atom stereocenters. The maximum Gasteiger partial charge on any atom is 0.190 e. The normalized spacial score (nSPS) is 10.5. The minimum Gasteiger partial charge on any atom is -0.309 e. The molecule has 0 amide bonds. The summed E-state index contributed by atoms with van der Waals surface area (Å²) in [6, 6.07) is 0. The first-order chi connectivity index (χ1) is 5.88. The molecule has 0 fully saturated rings. The second-order valence-electron chi connectivity index (χ2n) is 2.59. The van der Waals surface area contributed by atoms with E-state index < -0.39 is 0 Å². The van der Waals surface area contributed by atoms with Gasteiger partial charge in [-0.3, -0.25) is 0 Å². The molecule has 0 aromatic carbocycles. The number of thioether (sulfide) groups is 1. The van der Waals surface area contributed by atoms with Crippen molar-refractivity contribution in [2.75, 3.05) is 5.75 Å². The summed E-state index contributed by atoms with van der Waals surface area (Å²) in [4.78, 5) is 0. The van der Waals surface area contributed by atoms with Crippen molar-refractivity contribution in [3.8, 4) is 0 Å². The molecule has 1 aromatic rings. The van der Waals surface area contributed by atoms with Gasteiger partial charge >= 0.3 is 0 Å². The number of hydrogen-bond donors (Lipinski definition) is 0. The van der Waals surface area contributed by atoms with E-state index in [4.69, 9.17) is 0 Å². The molecule has 0 radical (unpaired) electrons. The van der Waals surface area contributed by atoms with E-state index in [1.165, 1.54) is 12.8 Å². The Morgan fingerprint density at radius 2 is 2.33 bits per heavy atom. The zero-order valence-corrected chi connectivity index (χ0v) is 8.47. The van der Waals surface area contributed by atoms with E-state index in [-0.39, 0.29) is 0 Å². The van der Waals surface area contributed by atoms with E-state index >= 15 is 0 Å². The van der Waals surface area contributed by atoms with E-state index in [1.54, 1.807) is 11.8 Å². The van der Waals surface area contributed by atoms with E-state index in [0.29, 0.717) is 0 Å². The van der Waals surface area contributed by atoms with Gasteiger partial charge in [0.25, 0.3) is 0 Å². The van der Waals surface area contributed by atoms with Crippen LogP contribution in [0.5, 0.6) is 0 Å². The Bertz CT molecular complexity index is 222. The number of hydrogen-bond acceptors (Lipinski definition) is 3. The Hall–Kier alpha value is -0.510. The highest BCUT2D eigenvalue weighted by Gasteiger charge is 2.01. The lowest BCUT2D eigenvalue weighted by atomic mass is 10.3. The Labute approximate surface area is 77.6 Å². The molecule has 12 heavy (non-hydrogen) atoms. The average Bonchev–Trinajstić information content (AvgIpc) is 2.50. The highest BCUT2D eigenvalue weighted by Crippen LogP contribution is 2.13. The van der Waals surface area contributed by atoms with Gasteiger partial charge in [0.1, 0.15) is 6.33 Å². The van der Waals surface area contributed by atoms with Crippen LogP contribution < -0.4 is 0 Å². The summed E-state index contributed by atoms with van der Waals surface area (Å²) >= 11 is 1.75. The lowest BCUT2D eigenvalue weighted by Crippen LogP contribution is -1.97. The topological polar surface area (TPSA) is 30.7 Å². The van der Waals surface area contributed by atoms with Crippen molar-refractivity contribution in [3.63, 3.8) is 0 Å². The highest BCUT2D eigenvalue weighted by atomic mass is 32.2. The minimum absolute atomic E-state index is 1.05. The van der Waals surface area contributed by atoms with Gasteiger partial charge in [-0.15, -0.1) is 10.2 Å². The first kappa shape index (κ1) is 9.58. The van der Waals surface area contributed by atoms with Crippen LogP contribution in [0.3, 0.4) is 0 Å². The van der Waals surface area contributed by atoms with Crippen LogP contribution in [0.1, 0.15) is 26.7 Å². The van der Waals surface area contributed by atoms with Crippen LogP contribution in [0.2, 0.25) is 0 Å². The van der Waals surface area contributed by atoms with Gasteiger partial charge in [-0.1, -0.05) is 32.0 Å². The number of rotatable bonds is 5. The van der Waals surface area contributed by atoms with Crippen molar-refractivity contribution in [2.24, 2.45) is 0 Å². The summed E-state index contributed by atoms with van der Waals surface area (Å²) in [5.41, 5.74) is 0. The third-order valence-electron chi connectivity index (χ3n) is 1.61. The molecule has 0 spiro atoms. The van der Waals surface area contributed by atoms with Crippen molar-refractivity contribution in [1.82, 2.24) is 14.8 Å². The predicted octanol–water partition coefficient (Wildman–Crippen LogP) is 2.19. The molecular formula is C8H15N3S. The minimum atomic E-state index is 1.05. The summed E-state index contributed by atoms with van der Waals surface area (Å²) in [5.74, 6) is 1.06. The molecule has 0 aliphatic carbocycles. The Morgan fingerprint density at radius 3 is 3.00 bits per heavy atom. The quantitative estimate of drug-likeness (QED) is 0.659. The molecule has 0 bridgehead atoms. The molecule has 0 saturated heterocycles. The van der Waals surface area contributed by atoms with Crippen LogP contribution in [0.25, 0.3) is 0 Å². The molecule has 0 aliphatic rings. The molecule has 1 aromatic heterocycles. The molecule has 4 heteroatoms. The Morgan fingerprint density at radius 1 is 1.50 bits per heavy atom. The monoisotopic (exact) mass is 185 g/mol. The van der Waals surface area contributed by atoms with Crippen molar-refractivity contribution >= 4 is 11.8 Å². The van der Waals surface area contributed by atoms with Gasteiger partial charge in [0.05, 0.1) is 0 Å². The highest BCUT2D eigenvalue weighted by molar-refractivity contribution is 7.99. The third kappa shape index (κ3) is 2.52.